The molecular weight excluding hydrogens is 308 g/mol. The summed E-state index contributed by atoms with van der Waals surface area (Å²) >= 11 is 0. The van der Waals surface area contributed by atoms with Gasteiger partial charge in [-0.15, -0.1) is 5.10 Å². The van der Waals surface area contributed by atoms with Crippen LogP contribution < -0.4 is 10.1 Å². The molecule has 1 aromatic rings. The average Bonchev–Trinajstić information content (AvgIpc) is 2.96. The fourth-order valence-electron chi connectivity index (χ4n) is 2.81. The van der Waals surface area contributed by atoms with E-state index in [9.17, 15) is 9.59 Å². The Kier molecular flexibility index (Phi) is 6.40. The first-order valence-electron chi connectivity index (χ1n) is 8.29. The molecule has 1 N–H and O–H groups in total. The van der Waals surface area contributed by atoms with Gasteiger partial charge >= 0.3 is 0 Å². The first-order valence-corrected chi connectivity index (χ1v) is 8.29. The van der Waals surface area contributed by atoms with Gasteiger partial charge in [0.25, 0.3) is 5.91 Å². The topological polar surface area (TPSA) is 76.5 Å². The summed E-state index contributed by atoms with van der Waals surface area (Å²) in [7, 11) is 4.77. The smallest absolute Gasteiger partial charge is 0.261 e. The molecule has 132 valence electrons. The molecule has 1 heterocycles. The third kappa shape index (κ3) is 4.84. The molecule has 0 radical (unpaired) electrons. The Morgan fingerprint density at radius 1 is 1.42 bits per heavy atom. The monoisotopic (exact) mass is 334 g/mol. The largest absolute Gasteiger partial charge is 0.479 e. The molecule has 7 heteroatoms. The lowest BCUT2D eigenvalue weighted by Crippen LogP contribution is -2.38. The van der Waals surface area contributed by atoms with Gasteiger partial charge in [0.05, 0.1) is 13.7 Å². The van der Waals surface area contributed by atoms with Gasteiger partial charge in [-0.3, -0.25) is 14.3 Å². The van der Waals surface area contributed by atoms with Crippen LogP contribution in [0.15, 0.2) is 17.8 Å². The number of likely N-dealkylation sites (N-methyl/N-ethyl adjacent to an activating group) is 1. The van der Waals surface area contributed by atoms with Gasteiger partial charge in [-0.2, -0.15) is 0 Å². The number of amides is 2. The number of ether oxygens (including phenoxy) is 1. The van der Waals surface area contributed by atoms with Gasteiger partial charge in [0.2, 0.25) is 11.8 Å². The molecule has 1 aromatic heterocycles. The van der Waals surface area contributed by atoms with Crippen LogP contribution in [0.25, 0.3) is 0 Å². The highest BCUT2D eigenvalue weighted by atomic mass is 16.5. The molecule has 1 aliphatic rings. The Morgan fingerprint density at radius 3 is 2.88 bits per heavy atom. The van der Waals surface area contributed by atoms with E-state index in [1.165, 1.54) is 35.1 Å². The fourth-order valence-corrected chi connectivity index (χ4v) is 2.81. The number of carbonyl (C=O) groups excluding carboxylic acids is 2. The van der Waals surface area contributed by atoms with Crippen molar-refractivity contribution in [2.45, 2.75) is 32.1 Å². The number of hydrogen-bond acceptors (Lipinski definition) is 4. The zero-order valence-corrected chi connectivity index (χ0v) is 14.7. The highest BCUT2D eigenvalue weighted by molar-refractivity contribution is 5.98. The second-order valence-electron chi connectivity index (χ2n) is 6.10. The van der Waals surface area contributed by atoms with Gasteiger partial charge in [-0.25, -0.2) is 0 Å². The molecule has 0 fully saturated rings. The summed E-state index contributed by atoms with van der Waals surface area (Å²) in [5.41, 5.74) is 1.77. The summed E-state index contributed by atoms with van der Waals surface area (Å²) in [6, 6.07) is 0. The van der Waals surface area contributed by atoms with Crippen LogP contribution in [-0.4, -0.2) is 53.7 Å². The fraction of sp³-hybridized carbons (Fsp3) is 0.588. The Morgan fingerprint density at radius 2 is 2.21 bits per heavy atom. The molecule has 0 aliphatic heterocycles. The second-order valence-corrected chi connectivity index (χ2v) is 6.10. The molecule has 0 atom stereocenters. The molecule has 0 saturated carbocycles. The highest BCUT2D eigenvalue weighted by Crippen LogP contribution is 2.19. The minimum Gasteiger partial charge on any atom is -0.479 e. The molecule has 0 unspecified atom stereocenters. The van der Waals surface area contributed by atoms with Crippen molar-refractivity contribution in [2.75, 3.05) is 27.2 Å². The number of hydrogen-bond donors (Lipinski definition) is 1. The quantitative estimate of drug-likeness (QED) is 0.767. The van der Waals surface area contributed by atoms with Gasteiger partial charge in [0.1, 0.15) is 5.56 Å². The highest BCUT2D eigenvalue weighted by Gasteiger charge is 2.21. The van der Waals surface area contributed by atoms with Crippen LogP contribution in [-0.2, 0) is 11.8 Å². The number of allylic oxidation sites excluding steroid dienone is 1. The molecular formula is C17H26N4O3. The van der Waals surface area contributed by atoms with Gasteiger partial charge in [-0.1, -0.05) is 11.6 Å². The Hall–Kier alpha value is -2.31. The van der Waals surface area contributed by atoms with Gasteiger partial charge in [-0.05, 0) is 32.1 Å². The number of nitrogens with zero attached hydrogens (tertiary/aromatic N) is 3. The standard InChI is InChI=1S/C17H26N4O3/c1-20(17(23)14-11-21(2)19-16(14)24-3)12-15(22)18-10-9-13-7-5-4-6-8-13/h7,11H,4-6,8-10,12H2,1-3H3,(H,18,22). The maximum atomic E-state index is 12.4. The van der Waals surface area contributed by atoms with Crippen LogP contribution in [0, 0.1) is 0 Å². The maximum absolute atomic E-state index is 12.4. The summed E-state index contributed by atoms with van der Waals surface area (Å²) in [5.74, 6) is -0.186. The minimum absolute atomic E-state index is 0.00985. The van der Waals surface area contributed by atoms with Crippen LogP contribution in [0.5, 0.6) is 5.88 Å². The molecule has 0 spiro atoms. The predicted molar refractivity (Wildman–Crippen MR) is 90.9 cm³/mol. The lowest BCUT2D eigenvalue weighted by Gasteiger charge is -2.17. The molecule has 7 nitrogen and oxygen atoms in total. The van der Waals surface area contributed by atoms with Gasteiger partial charge < -0.3 is 15.0 Å². The summed E-state index contributed by atoms with van der Waals surface area (Å²) in [5, 5.41) is 6.93. The molecule has 0 aromatic carbocycles. The number of methoxy groups -OCH3 is 1. The molecule has 24 heavy (non-hydrogen) atoms. The molecule has 2 amide bonds. The molecule has 2 rings (SSSR count). The summed E-state index contributed by atoms with van der Waals surface area (Å²) in [4.78, 5) is 25.8. The normalized spacial score (nSPS) is 14.0. The van der Waals surface area contributed by atoms with Crippen LogP contribution in [0.1, 0.15) is 42.5 Å². The molecule has 0 saturated heterocycles. The minimum atomic E-state index is -0.287. The average molecular weight is 334 g/mol. The first kappa shape index (κ1) is 18.0. The van der Waals surface area contributed by atoms with Gasteiger partial charge in [0, 0.05) is 26.8 Å². The molecule has 0 bridgehead atoms. The van der Waals surface area contributed by atoms with E-state index in [0.717, 1.165) is 19.3 Å². The maximum Gasteiger partial charge on any atom is 0.261 e. The van der Waals surface area contributed by atoms with E-state index in [2.05, 4.69) is 16.5 Å². The van der Waals surface area contributed by atoms with E-state index >= 15 is 0 Å². The van der Waals surface area contributed by atoms with Crippen molar-refractivity contribution in [3.05, 3.63) is 23.4 Å². The van der Waals surface area contributed by atoms with E-state index in [1.807, 2.05) is 0 Å². The number of nitrogens with one attached hydrogen (secondary N) is 1. The lowest BCUT2D eigenvalue weighted by atomic mass is 9.97. The zero-order chi connectivity index (χ0) is 17.5. The Labute approximate surface area is 142 Å². The van der Waals surface area contributed by atoms with E-state index in [4.69, 9.17) is 4.74 Å². The summed E-state index contributed by atoms with van der Waals surface area (Å²) in [6.07, 6.45) is 9.54. The van der Waals surface area contributed by atoms with Crippen molar-refractivity contribution in [3.63, 3.8) is 0 Å². The third-order valence-electron chi connectivity index (χ3n) is 4.10. The SMILES string of the molecule is COc1nn(C)cc1C(=O)N(C)CC(=O)NCCC1=CCCCC1. The zero-order valence-electron chi connectivity index (χ0n) is 14.7. The van der Waals surface area contributed by atoms with Crippen LogP contribution >= 0.6 is 0 Å². The van der Waals surface area contributed by atoms with E-state index in [-0.39, 0.29) is 24.2 Å². The predicted octanol–water partition coefficient (Wildman–Crippen LogP) is 1.51. The summed E-state index contributed by atoms with van der Waals surface area (Å²) < 4.78 is 6.60. The second kappa shape index (κ2) is 8.52. The Balaban J connectivity index is 1.80. The van der Waals surface area contributed by atoms with E-state index in [1.54, 1.807) is 20.3 Å². The van der Waals surface area contributed by atoms with Crippen molar-refractivity contribution >= 4 is 11.8 Å². The van der Waals surface area contributed by atoms with Crippen molar-refractivity contribution in [3.8, 4) is 5.88 Å². The van der Waals surface area contributed by atoms with Gasteiger partial charge in [0.15, 0.2) is 0 Å². The molecule has 1 aliphatic carbocycles. The summed E-state index contributed by atoms with van der Waals surface area (Å²) in [6.45, 7) is 0.624. The lowest BCUT2D eigenvalue weighted by molar-refractivity contribution is -0.121. The van der Waals surface area contributed by atoms with Crippen molar-refractivity contribution in [1.29, 1.82) is 0 Å². The van der Waals surface area contributed by atoms with Crippen molar-refractivity contribution in [2.24, 2.45) is 7.05 Å². The van der Waals surface area contributed by atoms with Crippen molar-refractivity contribution < 1.29 is 14.3 Å². The van der Waals surface area contributed by atoms with E-state index in [0.29, 0.717) is 12.1 Å². The Bertz CT molecular complexity index is 621. The van der Waals surface area contributed by atoms with E-state index < -0.39 is 0 Å². The van der Waals surface area contributed by atoms with Crippen LogP contribution in [0.2, 0.25) is 0 Å². The number of carbonyl (C=O) groups is 2. The number of aromatic nitrogens is 2. The van der Waals surface area contributed by atoms with Crippen LogP contribution in [0.4, 0.5) is 0 Å². The van der Waals surface area contributed by atoms with Crippen molar-refractivity contribution in [1.82, 2.24) is 20.0 Å². The number of aryl methyl sites for hydroxylation is 1. The van der Waals surface area contributed by atoms with Crippen LogP contribution in [0.3, 0.4) is 0 Å². The third-order valence-corrected chi connectivity index (χ3v) is 4.10. The number of rotatable bonds is 7. The first-order chi connectivity index (χ1) is 11.5.